The van der Waals surface area contributed by atoms with Gasteiger partial charge in [0, 0.05) is 18.0 Å². The molecule has 2 heterocycles. The van der Waals surface area contributed by atoms with Crippen LogP contribution in [0.4, 0.5) is 4.79 Å². The molecule has 2 aromatic rings. The number of hydrogen-bond acceptors (Lipinski definition) is 4. The molecule has 0 unspecified atom stereocenters. The Morgan fingerprint density at radius 3 is 2.83 bits per heavy atom. The van der Waals surface area contributed by atoms with Crippen molar-refractivity contribution in [3.8, 4) is 5.75 Å². The molecule has 0 bridgehead atoms. The maximum atomic E-state index is 12.6. The van der Waals surface area contributed by atoms with Crippen molar-refractivity contribution in [2.75, 3.05) is 6.54 Å². The Balaban J connectivity index is 2.02. The molecule has 130 valence electrons. The molecule has 3 rings (SSSR count). The van der Waals surface area contributed by atoms with Gasteiger partial charge in [0.2, 0.25) is 0 Å². The van der Waals surface area contributed by atoms with Gasteiger partial charge in [-0.2, -0.15) is 5.10 Å². The number of hydrogen-bond donors (Lipinski definition) is 0. The molecule has 1 atom stereocenters. The van der Waals surface area contributed by atoms with Crippen LogP contribution in [0.15, 0.2) is 18.3 Å². The summed E-state index contributed by atoms with van der Waals surface area (Å²) in [5, 5.41) is 5.37. The molecule has 1 amide bonds. The predicted octanol–water partition coefficient (Wildman–Crippen LogP) is 3.48. The van der Waals surface area contributed by atoms with Crippen molar-refractivity contribution in [3.05, 3.63) is 23.9 Å². The second-order valence-electron chi connectivity index (χ2n) is 7.26. The largest absolute Gasteiger partial charge is 0.488 e. The minimum absolute atomic E-state index is 0.0514. The third-order valence-corrected chi connectivity index (χ3v) is 4.14. The highest BCUT2D eigenvalue weighted by molar-refractivity contribution is 5.85. The van der Waals surface area contributed by atoms with Crippen molar-refractivity contribution in [3.63, 3.8) is 0 Å². The summed E-state index contributed by atoms with van der Waals surface area (Å²) in [7, 11) is 1.91. The van der Waals surface area contributed by atoms with E-state index in [1.807, 2.05) is 50.8 Å². The van der Waals surface area contributed by atoms with Gasteiger partial charge >= 0.3 is 6.09 Å². The summed E-state index contributed by atoms with van der Waals surface area (Å²) in [6.45, 7) is 8.67. The van der Waals surface area contributed by atoms with Crippen LogP contribution in [0.3, 0.4) is 0 Å². The zero-order valence-corrected chi connectivity index (χ0v) is 15.0. The van der Waals surface area contributed by atoms with E-state index in [0.717, 1.165) is 28.6 Å². The van der Waals surface area contributed by atoms with Crippen molar-refractivity contribution in [1.82, 2.24) is 14.7 Å². The highest BCUT2D eigenvalue weighted by Gasteiger charge is 2.30. The highest BCUT2D eigenvalue weighted by Crippen LogP contribution is 2.33. The molecule has 6 nitrogen and oxygen atoms in total. The maximum Gasteiger partial charge on any atom is 0.410 e. The number of carbonyl (C=O) groups excluding carboxylic acids is 1. The lowest BCUT2D eigenvalue weighted by atomic mass is 10.1. The minimum atomic E-state index is -0.521. The number of aromatic nitrogens is 2. The summed E-state index contributed by atoms with van der Waals surface area (Å²) in [5.41, 5.74) is 1.46. The lowest BCUT2D eigenvalue weighted by Gasteiger charge is -2.27. The minimum Gasteiger partial charge on any atom is -0.488 e. The van der Waals surface area contributed by atoms with Gasteiger partial charge in [0.1, 0.15) is 17.5 Å². The van der Waals surface area contributed by atoms with Crippen molar-refractivity contribution < 1.29 is 14.3 Å². The third-order valence-electron chi connectivity index (χ3n) is 4.14. The van der Waals surface area contributed by atoms with Gasteiger partial charge < -0.3 is 9.47 Å². The van der Waals surface area contributed by atoms with Crippen molar-refractivity contribution in [1.29, 1.82) is 0 Å². The Morgan fingerprint density at radius 2 is 2.17 bits per heavy atom. The first-order chi connectivity index (χ1) is 11.3. The Hall–Kier alpha value is -2.24. The Kier molecular flexibility index (Phi) is 4.15. The van der Waals surface area contributed by atoms with Gasteiger partial charge in [-0.1, -0.05) is 6.92 Å². The van der Waals surface area contributed by atoms with Crippen LogP contribution in [0.2, 0.25) is 0 Å². The van der Waals surface area contributed by atoms with Gasteiger partial charge in [-0.05, 0) is 39.3 Å². The molecule has 0 spiro atoms. The van der Waals surface area contributed by atoms with E-state index < -0.39 is 5.60 Å². The molecular formula is C18H25N3O3. The number of aryl methyl sites for hydroxylation is 1. The van der Waals surface area contributed by atoms with E-state index in [2.05, 4.69) is 12.0 Å². The molecule has 0 saturated heterocycles. The number of ether oxygens (including phenoxy) is 2. The van der Waals surface area contributed by atoms with Crippen LogP contribution in [-0.2, 0) is 18.3 Å². The van der Waals surface area contributed by atoms with Crippen LogP contribution in [0.5, 0.6) is 5.75 Å². The maximum absolute atomic E-state index is 12.6. The predicted molar refractivity (Wildman–Crippen MR) is 92.1 cm³/mol. The van der Waals surface area contributed by atoms with E-state index in [1.165, 1.54) is 0 Å². The standard InChI is InChI=1S/C18H25N3O3/c1-6-13-10-21(17(22)24-18(2,3)4)11-14-15(23-13)8-7-12-9-19-20(5)16(12)14/h7-9,13H,6,10-11H2,1-5H3/t13-/m1/s1. The average molecular weight is 331 g/mol. The van der Waals surface area contributed by atoms with E-state index in [1.54, 1.807) is 4.90 Å². The van der Waals surface area contributed by atoms with Gasteiger partial charge in [0.15, 0.2) is 0 Å². The molecule has 6 heteroatoms. The molecule has 24 heavy (non-hydrogen) atoms. The second kappa shape index (κ2) is 6.00. The average Bonchev–Trinajstić information content (AvgIpc) is 2.77. The zero-order valence-electron chi connectivity index (χ0n) is 15.0. The van der Waals surface area contributed by atoms with Crippen LogP contribution in [-0.4, -0.2) is 39.0 Å². The fraction of sp³-hybridized carbons (Fsp3) is 0.556. The Bertz CT molecular complexity index is 761. The monoisotopic (exact) mass is 331 g/mol. The number of carbonyl (C=O) groups is 1. The van der Waals surface area contributed by atoms with E-state index in [4.69, 9.17) is 9.47 Å². The first-order valence-electron chi connectivity index (χ1n) is 8.36. The topological polar surface area (TPSA) is 56.6 Å². The number of rotatable bonds is 1. The SMILES string of the molecule is CC[C@@H]1CN(C(=O)OC(C)(C)C)Cc2c(ccc3cnn(C)c23)O1. The highest BCUT2D eigenvalue weighted by atomic mass is 16.6. The first-order valence-corrected chi connectivity index (χ1v) is 8.36. The summed E-state index contributed by atoms with van der Waals surface area (Å²) in [6, 6.07) is 3.98. The summed E-state index contributed by atoms with van der Waals surface area (Å²) in [6.07, 6.45) is 2.29. The summed E-state index contributed by atoms with van der Waals surface area (Å²) < 4.78 is 13.6. The Morgan fingerprint density at radius 1 is 1.42 bits per heavy atom. The molecule has 1 aliphatic heterocycles. The number of benzene rings is 1. The number of amides is 1. The van der Waals surface area contributed by atoms with Crippen LogP contribution in [0, 0.1) is 0 Å². The molecule has 1 aliphatic rings. The zero-order chi connectivity index (χ0) is 17.5. The van der Waals surface area contributed by atoms with E-state index >= 15 is 0 Å². The summed E-state index contributed by atoms with van der Waals surface area (Å²) in [5.74, 6) is 0.823. The molecular weight excluding hydrogens is 306 g/mol. The van der Waals surface area contributed by atoms with E-state index in [-0.39, 0.29) is 12.2 Å². The van der Waals surface area contributed by atoms with Crippen molar-refractivity contribution in [2.24, 2.45) is 7.05 Å². The lowest BCUT2D eigenvalue weighted by Crippen LogP contribution is -2.40. The molecule has 0 aliphatic carbocycles. The van der Waals surface area contributed by atoms with Gasteiger partial charge in [-0.3, -0.25) is 9.58 Å². The molecule has 0 N–H and O–H groups in total. The quantitative estimate of drug-likeness (QED) is 0.803. The van der Waals surface area contributed by atoms with Crippen LogP contribution < -0.4 is 4.74 Å². The Labute approximate surface area is 142 Å². The summed E-state index contributed by atoms with van der Waals surface area (Å²) in [4.78, 5) is 14.4. The van der Waals surface area contributed by atoms with Crippen LogP contribution in [0.1, 0.15) is 39.7 Å². The molecule has 0 radical (unpaired) electrons. The smallest absolute Gasteiger partial charge is 0.410 e. The molecule has 1 aromatic heterocycles. The first kappa shape index (κ1) is 16.6. The number of nitrogens with zero attached hydrogens (tertiary/aromatic N) is 3. The van der Waals surface area contributed by atoms with Crippen molar-refractivity contribution >= 4 is 17.0 Å². The van der Waals surface area contributed by atoms with Crippen molar-refractivity contribution in [2.45, 2.75) is 52.4 Å². The normalized spacial score (nSPS) is 18.0. The second-order valence-corrected chi connectivity index (χ2v) is 7.26. The third kappa shape index (κ3) is 3.18. The van der Waals surface area contributed by atoms with Crippen LogP contribution in [0.25, 0.3) is 10.9 Å². The van der Waals surface area contributed by atoms with Crippen LogP contribution >= 0.6 is 0 Å². The fourth-order valence-electron chi connectivity index (χ4n) is 2.99. The van der Waals surface area contributed by atoms with Gasteiger partial charge in [0.25, 0.3) is 0 Å². The molecule has 1 aromatic carbocycles. The van der Waals surface area contributed by atoms with E-state index in [9.17, 15) is 4.79 Å². The molecule has 0 fully saturated rings. The van der Waals surface area contributed by atoms with E-state index in [0.29, 0.717) is 13.1 Å². The fourth-order valence-corrected chi connectivity index (χ4v) is 2.99. The lowest BCUT2D eigenvalue weighted by molar-refractivity contribution is 0.0177. The molecule has 0 saturated carbocycles. The number of fused-ring (bicyclic) bond motifs is 3. The van der Waals surface area contributed by atoms with Gasteiger partial charge in [0.05, 0.1) is 24.8 Å². The summed E-state index contributed by atoms with van der Waals surface area (Å²) >= 11 is 0. The van der Waals surface area contributed by atoms with Gasteiger partial charge in [-0.25, -0.2) is 4.79 Å². The van der Waals surface area contributed by atoms with Gasteiger partial charge in [-0.15, -0.1) is 0 Å².